The van der Waals surface area contributed by atoms with Crippen LogP contribution in [0.15, 0.2) is 54.0 Å². The van der Waals surface area contributed by atoms with Crippen LogP contribution in [0, 0.1) is 6.92 Å². The molecule has 1 aromatic carbocycles. The third-order valence-corrected chi connectivity index (χ3v) is 5.93. The second kappa shape index (κ2) is 8.52. The molecule has 1 aliphatic rings. The number of aryl methyl sites for hydroxylation is 1. The lowest BCUT2D eigenvalue weighted by molar-refractivity contribution is -0.131. The van der Waals surface area contributed by atoms with Crippen molar-refractivity contribution in [2.24, 2.45) is 0 Å². The van der Waals surface area contributed by atoms with Gasteiger partial charge in [-0.15, -0.1) is 11.3 Å². The Hall–Kier alpha value is -2.73. The first-order valence-electron chi connectivity index (χ1n) is 9.64. The van der Waals surface area contributed by atoms with E-state index in [0.29, 0.717) is 12.4 Å². The third kappa shape index (κ3) is 4.57. The van der Waals surface area contributed by atoms with Gasteiger partial charge in [0.2, 0.25) is 11.9 Å². The van der Waals surface area contributed by atoms with Crippen LogP contribution in [0.4, 0.5) is 11.6 Å². The van der Waals surface area contributed by atoms with E-state index in [4.69, 9.17) is 4.98 Å². The average Bonchev–Trinajstić information content (AvgIpc) is 3.21. The summed E-state index contributed by atoms with van der Waals surface area (Å²) in [5, 5.41) is 5.31. The molecule has 0 bridgehead atoms. The molecule has 4 rings (SSSR count). The van der Waals surface area contributed by atoms with Crippen molar-refractivity contribution in [1.29, 1.82) is 0 Å². The number of nitrogens with zero attached hydrogens (tertiary/aromatic N) is 3. The van der Waals surface area contributed by atoms with Crippen LogP contribution in [0.3, 0.4) is 0 Å². The summed E-state index contributed by atoms with van der Waals surface area (Å²) < 4.78 is 0. The number of aromatic nitrogens is 2. The fourth-order valence-corrected chi connectivity index (χ4v) is 4.33. The highest BCUT2D eigenvalue weighted by atomic mass is 32.1. The summed E-state index contributed by atoms with van der Waals surface area (Å²) in [5.74, 6) is 1.06. The van der Waals surface area contributed by atoms with E-state index in [9.17, 15) is 4.79 Å². The predicted octanol–water partition coefficient (Wildman–Crippen LogP) is 4.54. The van der Waals surface area contributed by atoms with Gasteiger partial charge in [-0.25, -0.2) is 9.97 Å². The highest BCUT2D eigenvalue weighted by molar-refractivity contribution is 7.10. The Balaban J connectivity index is 1.44. The molecule has 0 spiro atoms. The van der Waals surface area contributed by atoms with Gasteiger partial charge in [-0.3, -0.25) is 4.79 Å². The second-order valence-electron chi connectivity index (χ2n) is 7.23. The summed E-state index contributed by atoms with van der Waals surface area (Å²) in [6.07, 6.45) is 4.34. The first-order valence-corrected chi connectivity index (χ1v) is 10.5. The van der Waals surface area contributed by atoms with E-state index < -0.39 is 0 Å². The molecule has 0 unspecified atom stereocenters. The van der Waals surface area contributed by atoms with E-state index in [2.05, 4.69) is 29.4 Å². The smallest absolute Gasteiger partial charge is 0.227 e. The zero-order chi connectivity index (χ0) is 19.3. The predicted molar refractivity (Wildman–Crippen MR) is 113 cm³/mol. The van der Waals surface area contributed by atoms with E-state index in [1.807, 2.05) is 40.6 Å². The lowest BCUT2D eigenvalue weighted by Crippen LogP contribution is -2.40. The van der Waals surface area contributed by atoms with E-state index >= 15 is 0 Å². The number of hydrogen-bond acceptors (Lipinski definition) is 5. The Kier molecular flexibility index (Phi) is 5.67. The summed E-state index contributed by atoms with van der Waals surface area (Å²) in [6.45, 7) is 3.62. The van der Waals surface area contributed by atoms with Crippen molar-refractivity contribution in [3.05, 3.63) is 70.2 Å². The molecule has 3 aromatic rings. The number of nitrogens with one attached hydrogen (secondary N) is 1. The van der Waals surface area contributed by atoms with Gasteiger partial charge in [-0.05, 0) is 55.0 Å². The van der Waals surface area contributed by atoms with Crippen LogP contribution < -0.4 is 5.32 Å². The Labute approximate surface area is 169 Å². The molecule has 1 fully saturated rings. The Morgan fingerprint density at radius 2 is 2.21 bits per heavy atom. The molecule has 0 saturated carbocycles. The van der Waals surface area contributed by atoms with Gasteiger partial charge in [-0.2, -0.15) is 0 Å². The number of rotatable bonds is 5. The van der Waals surface area contributed by atoms with Crippen molar-refractivity contribution >= 4 is 28.9 Å². The number of thiophene rings is 1. The topological polar surface area (TPSA) is 58.1 Å². The quantitative estimate of drug-likeness (QED) is 0.693. The van der Waals surface area contributed by atoms with E-state index in [1.165, 1.54) is 5.56 Å². The van der Waals surface area contributed by atoms with Gasteiger partial charge in [0.05, 0.1) is 12.1 Å². The number of carbonyl (C=O) groups excluding carboxylic acids is 1. The molecule has 1 saturated heterocycles. The summed E-state index contributed by atoms with van der Waals surface area (Å²) in [6, 6.07) is 14.1. The van der Waals surface area contributed by atoms with Gasteiger partial charge < -0.3 is 10.2 Å². The Bertz CT molecular complexity index is 941. The zero-order valence-electron chi connectivity index (χ0n) is 16.0. The maximum atomic E-state index is 12.7. The zero-order valence-corrected chi connectivity index (χ0v) is 16.8. The van der Waals surface area contributed by atoms with Gasteiger partial charge in [0.1, 0.15) is 0 Å². The number of carbonyl (C=O) groups is 1. The fourth-order valence-electron chi connectivity index (χ4n) is 3.63. The number of benzene rings is 1. The molecule has 5 nitrogen and oxygen atoms in total. The van der Waals surface area contributed by atoms with Crippen LogP contribution in [0.25, 0.3) is 0 Å². The van der Waals surface area contributed by atoms with Crippen molar-refractivity contribution < 1.29 is 4.79 Å². The number of anilines is 2. The van der Waals surface area contributed by atoms with Crippen LogP contribution in [0.2, 0.25) is 0 Å². The molecule has 0 radical (unpaired) electrons. The molecule has 2 aromatic heterocycles. The van der Waals surface area contributed by atoms with Gasteiger partial charge in [-0.1, -0.05) is 18.2 Å². The fraction of sp³-hybridized carbons (Fsp3) is 0.318. The molecule has 6 heteroatoms. The van der Waals surface area contributed by atoms with Crippen LogP contribution in [0.1, 0.15) is 34.9 Å². The molecule has 144 valence electrons. The SMILES string of the molecule is Cc1cccc(Nc2nccc([C@H]3CCCN(C(=O)Cc4cccs4)C3)n2)c1. The number of piperidine rings is 1. The third-order valence-electron chi connectivity index (χ3n) is 5.05. The molecule has 1 N–H and O–H groups in total. The number of likely N-dealkylation sites (tertiary alicyclic amines) is 1. The monoisotopic (exact) mass is 392 g/mol. The lowest BCUT2D eigenvalue weighted by Gasteiger charge is -2.32. The molecule has 1 aliphatic heterocycles. The molecule has 1 atom stereocenters. The summed E-state index contributed by atoms with van der Waals surface area (Å²) >= 11 is 1.64. The van der Waals surface area contributed by atoms with Crippen LogP contribution in [0.5, 0.6) is 0 Å². The van der Waals surface area contributed by atoms with E-state index in [0.717, 1.165) is 42.2 Å². The standard InChI is InChI=1S/C22H24N4OS/c1-16-5-2-7-18(13-16)24-22-23-10-9-20(25-22)17-6-3-11-26(15-17)21(27)14-19-8-4-12-28-19/h2,4-5,7-10,12-13,17H,3,6,11,14-15H2,1H3,(H,23,24,25)/t17-/m0/s1. The van der Waals surface area contributed by atoms with Crippen molar-refractivity contribution in [2.45, 2.75) is 32.1 Å². The van der Waals surface area contributed by atoms with Crippen molar-refractivity contribution in [2.75, 3.05) is 18.4 Å². The number of hydrogen-bond donors (Lipinski definition) is 1. The van der Waals surface area contributed by atoms with Gasteiger partial charge in [0.25, 0.3) is 0 Å². The molecular weight excluding hydrogens is 368 g/mol. The average molecular weight is 393 g/mol. The van der Waals surface area contributed by atoms with Crippen LogP contribution in [-0.2, 0) is 11.2 Å². The first kappa shape index (κ1) is 18.6. The Morgan fingerprint density at radius 3 is 3.04 bits per heavy atom. The maximum Gasteiger partial charge on any atom is 0.227 e. The maximum absolute atomic E-state index is 12.7. The summed E-state index contributed by atoms with van der Waals surface area (Å²) in [4.78, 5) is 24.9. The normalized spacial score (nSPS) is 16.8. The molecule has 28 heavy (non-hydrogen) atoms. The second-order valence-corrected chi connectivity index (χ2v) is 8.27. The molecule has 3 heterocycles. The minimum Gasteiger partial charge on any atom is -0.342 e. The van der Waals surface area contributed by atoms with Gasteiger partial charge in [0.15, 0.2) is 0 Å². The van der Waals surface area contributed by atoms with Gasteiger partial charge in [0, 0.05) is 35.8 Å². The molecular formula is C22H24N4OS. The first-order chi connectivity index (χ1) is 13.7. The van der Waals surface area contributed by atoms with Crippen molar-refractivity contribution in [1.82, 2.24) is 14.9 Å². The minimum atomic E-state index is 0.208. The molecule has 1 amide bonds. The summed E-state index contributed by atoms with van der Waals surface area (Å²) in [7, 11) is 0. The van der Waals surface area contributed by atoms with Gasteiger partial charge >= 0.3 is 0 Å². The van der Waals surface area contributed by atoms with Crippen LogP contribution >= 0.6 is 11.3 Å². The Morgan fingerprint density at radius 1 is 1.29 bits per heavy atom. The highest BCUT2D eigenvalue weighted by Gasteiger charge is 2.26. The highest BCUT2D eigenvalue weighted by Crippen LogP contribution is 2.27. The molecule has 0 aliphatic carbocycles. The van der Waals surface area contributed by atoms with Crippen molar-refractivity contribution in [3.8, 4) is 0 Å². The van der Waals surface area contributed by atoms with E-state index in [-0.39, 0.29) is 11.8 Å². The summed E-state index contributed by atoms with van der Waals surface area (Å²) in [5.41, 5.74) is 3.17. The van der Waals surface area contributed by atoms with Crippen LogP contribution in [-0.4, -0.2) is 33.9 Å². The van der Waals surface area contributed by atoms with Crippen molar-refractivity contribution in [3.63, 3.8) is 0 Å². The number of amides is 1. The lowest BCUT2D eigenvalue weighted by atomic mass is 9.94. The van der Waals surface area contributed by atoms with E-state index in [1.54, 1.807) is 17.5 Å². The largest absolute Gasteiger partial charge is 0.342 e. The minimum absolute atomic E-state index is 0.208.